The minimum atomic E-state index is -0.328. The molecule has 0 saturated carbocycles. The molecule has 4 rings (SSSR count). The lowest BCUT2D eigenvalue weighted by atomic mass is 10.1. The second-order valence-corrected chi connectivity index (χ2v) is 6.19. The molecule has 1 aromatic heterocycles. The molecule has 5 nitrogen and oxygen atoms in total. The monoisotopic (exact) mass is 353 g/mol. The summed E-state index contributed by atoms with van der Waals surface area (Å²) in [5.41, 5.74) is 5.54. The maximum Gasteiger partial charge on any atom is 0.247 e. The molecule has 1 amide bonds. The maximum atomic E-state index is 12.3. The molecule has 0 bridgehead atoms. The Bertz CT molecular complexity index is 872. The van der Waals surface area contributed by atoms with E-state index in [-0.39, 0.29) is 17.6 Å². The Morgan fingerprint density at radius 1 is 1.15 bits per heavy atom. The molecule has 134 valence electrons. The molecule has 0 aliphatic heterocycles. The third-order valence-electron chi connectivity index (χ3n) is 4.42. The SMILES string of the molecule is Cc1ccccc1F.O=C(NO)C1Cc2cnn(-c3ccccc3)c2C1. The minimum Gasteiger partial charge on any atom is -0.289 e. The van der Waals surface area contributed by atoms with Crippen molar-refractivity contribution in [1.82, 2.24) is 15.3 Å². The van der Waals surface area contributed by atoms with Crippen LogP contribution >= 0.6 is 0 Å². The van der Waals surface area contributed by atoms with Gasteiger partial charge in [-0.2, -0.15) is 5.10 Å². The molecule has 1 atom stereocenters. The summed E-state index contributed by atoms with van der Waals surface area (Å²) < 4.78 is 14.2. The molecule has 0 spiro atoms. The first-order valence-corrected chi connectivity index (χ1v) is 8.36. The van der Waals surface area contributed by atoms with Crippen LogP contribution in [0, 0.1) is 18.7 Å². The van der Waals surface area contributed by atoms with E-state index in [1.165, 1.54) is 6.07 Å². The molecule has 3 aromatic rings. The summed E-state index contributed by atoms with van der Waals surface area (Å²) in [6.45, 7) is 1.75. The zero-order valence-corrected chi connectivity index (χ0v) is 14.4. The van der Waals surface area contributed by atoms with E-state index in [9.17, 15) is 9.18 Å². The number of hydrogen-bond donors (Lipinski definition) is 2. The fourth-order valence-corrected chi connectivity index (χ4v) is 2.99. The van der Waals surface area contributed by atoms with Crippen molar-refractivity contribution in [2.75, 3.05) is 0 Å². The molecule has 2 N–H and O–H groups in total. The highest BCUT2D eigenvalue weighted by Crippen LogP contribution is 2.28. The summed E-state index contributed by atoms with van der Waals surface area (Å²) in [6.07, 6.45) is 3.04. The molecule has 1 aliphatic rings. The Hall–Kier alpha value is -2.99. The number of para-hydroxylation sites is 1. The molecule has 1 heterocycles. The van der Waals surface area contributed by atoms with Crippen molar-refractivity contribution >= 4 is 5.91 Å². The lowest BCUT2D eigenvalue weighted by molar-refractivity contribution is -0.133. The van der Waals surface area contributed by atoms with Crippen molar-refractivity contribution < 1.29 is 14.4 Å². The number of nitrogens with one attached hydrogen (secondary N) is 1. The Morgan fingerprint density at radius 3 is 2.46 bits per heavy atom. The lowest BCUT2D eigenvalue weighted by Gasteiger charge is -2.08. The van der Waals surface area contributed by atoms with E-state index in [1.54, 1.807) is 30.7 Å². The number of nitrogens with zero attached hydrogens (tertiary/aromatic N) is 2. The summed E-state index contributed by atoms with van der Waals surface area (Å²) in [5, 5.41) is 13.0. The number of amides is 1. The van der Waals surface area contributed by atoms with Gasteiger partial charge in [0, 0.05) is 18.0 Å². The van der Waals surface area contributed by atoms with Gasteiger partial charge in [0.05, 0.1) is 11.9 Å². The maximum absolute atomic E-state index is 12.3. The first-order valence-electron chi connectivity index (χ1n) is 8.36. The van der Waals surface area contributed by atoms with Crippen molar-refractivity contribution in [3.63, 3.8) is 0 Å². The smallest absolute Gasteiger partial charge is 0.247 e. The second-order valence-electron chi connectivity index (χ2n) is 6.19. The quantitative estimate of drug-likeness (QED) is 0.549. The average molecular weight is 353 g/mol. The second kappa shape index (κ2) is 7.93. The number of aryl methyl sites for hydroxylation is 1. The topological polar surface area (TPSA) is 67.2 Å². The number of fused-ring (bicyclic) bond motifs is 1. The minimum absolute atomic E-state index is 0.132. The average Bonchev–Trinajstić information content (AvgIpc) is 3.25. The number of carbonyl (C=O) groups excluding carboxylic acids is 1. The van der Waals surface area contributed by atoms with Crippen molar-refractivity contribution in [2.45, 2.75) is 19.8 Å². The summed E-state index contributed by atoms with van der Waals surface area (Å²) in [4.78, 5) is 11.4. The molecule has 2 aromatic carbocycles. The number of hydrogen-bond acceptors (Lipinski definition) is 3. The van der Waals surface area contributed by atoms with E-state index in [2.05, 4.69) is 5.10 Å². The van der Waals surface area contributed by atoms with Crippen molar-refractivity contribution in [2.24, 2.45) is 5.92 Å². The zero-order valence-electron chi connectivity index (χ0n) is 14.4. The van der Waals surface area contributed by atoms with Crippen LogP contribution in [-0.4, -0.2) is 20.9 Å². The van der Waals surface area contributed by atoms with E-state index in [0.717, 1.165) is 16.9 Å². The largest absolute Gasteiger partial charge is 0.289 e. The van der Waals surface area contributed by atoms with Gasteiger partial charge in [0.25, 0.3) is 0 Å². The summed E-state index contributed by atoms with van der Waals surface area (Å²) in [6, 6.07) is 16.5. The van der Waals surface area contributed by atoms with Crippen LogP contribution in [0.1, 0.15) is 16.8 Å². The number of halogens is 1. The van der Waals surface area contributed by atoms with Crippen LogP contribution in [0.4, 0.5) is 4.39 Å². The van der Waals surface area contributed by atoms with Crippen LogP contribution in [0.15, 0.2) is 60.8 Å². The molecule has 1 unspecified atom stereocenters. The molecule has 0 saturated heterocycles. The number of benzene rings is 2. The predicted octanol–water partition coefficient (Wildman–Crippen LogP) is 3.23. The number of carbonyl (C=O) groups is 1. The van der Waals surface area contributed by atoms with Crippen LogP contribution in [0.25, 0.3) is 5.69 Å². The number of aromatic nitrogens is 2. The van der Waals surface area contributed by atoms with Crippen LogP contribution in [0.5, 0.6) is 0 Å². The van der Waals surface area contributed by atoms with E-state index in [0.29, 0.717) is 18.4 Å². The third kappa shape index (κ3) is 3.81. The Balaban J connectivity index is 0.000000206. The molecule has 6 heteroatoms. The first-order chi connectivity index (χ1) is 12.6. The van der Waals surface area contributed by atoms with E-state index in [1.807, 2.05) is 41.1 Å². The summed E-state index contributed by atoms with van der Waals surface area (Å²) in [5.74, 6) is -0.656. The fraction of sp³-hybridized carbons (Fsp3) is 0.200. The molecule has 26 heavy (non-hydrogen) atoms. The van der Waals surface area contributed by atoms with Gasteiger partial charge in [-0.15, -0.1) is 0 Å². The lowest BCUT2D eigenvalue weighted by Crippen LogP contribution is -2.28. The highest BCUT2D eigenvalue weighted by molar-refractivity contribution is 5.79. The van der Waals surface area contributed by atoms with Crippen LogP contribution in [-0.2, 0) is 17.6 Å². The van der Waals surface area contributed by atoms with Gasteiger partial charge >= 0.3 is 0 Å². The highest BCUT2D eigenvalue weighted by Gasteiger charge is 2.30. The Labute approximate surface area is 151 Å². The van der Waals surface area contributed by atoms with Crippen molar-refractivity contribution in [1.29, 1.82) is 0 Å². The van der Waals surface area contributed by atoms with Crippen LogP contribution in [0.2, 0.25) is 0 Å². The molecular weight excluding hydrogens is 333 g/mol. The predicted molar refractivity (Wildman–Crippen MR) is 95.5 cm³/mol. The number of hydroxylamine groups is 1. The fourth-order valence-electron chi connectivity index (χ4n) is 2.99. The van der Waals surface area contributed by atoms with E-state index < -0.39 is 0 Å². The zero-order chi connectivity index (χ0) is 18.5. The molecule has 0 fully saturated rings. The third-order valence-corrected chi connectivity index (χ3v) is 4.42. The van der Waals surface area contributed by atoms with Crippen molar-refractivity contribution in [3.8, 4) is 5.69 Å². The first kappa shape index (κ1) is 17.8. The Morgan fingerprint density at radius 2 is 1.85 bits per heavy atom. The van der Waals surface area contributed by atoms with Gasteiger partial charge in [-0.3, -0.25) is 10.0 Å². The summed E-state index contributed by atoms with van der Waals surface area (Å²) >= 11 is 0. The normalized spacial score (nSPS) is 15.0. The van der Waals surface area contributed by atoms with Crippen LogP contribution < -0.4 is 5.48 Å². The highest BCUT2D eigenvalue weighted by atomic mass is 19.1. The Kier molecular flexibility index (Phi) is 5.43. The van der Waals surface area contributed by atoms with Gasteiger partial charge in [0.15, 0.2) is 0 Å². The number of rotatable bonds is 2. The van der Waals surface area contributed by atoms with Gasteiger partial charge in [-0.1, -0.05) is 36.4 Å². The van der Waals surface area contributed by atoms with Crippen LogP contribution in [0.3, 0.4) is 0 Å². The van der Waals surface area contributed by atoms with Gasteiger partial charge in [-0.05, 0) is 42.7 Å². The van der Waals surface area contributed by atoms with Gasteiger partial charge in [0.2, 0.25) is 5.91 Å². The van der Waals surface area contributed by atoms with E-state index in [4.69, 9.17) is 5.21 Å². The van der Waals surface area contributed by atoms with Gasteiger partial charge in [0.1, 0.15) is 5.82 Å². The van der Waals surface area contributed by atoms with Crippen molar-refractivity contribution in [3.05, 3.63) is 83.4 Å². The van der Waals surface area contributed by atoms with Gasteiger partial charge < -0.3 is 0 Å². The molecular formula is C20H20FN3O2. The standard InChI is InChI=1S/C13H13N3O2.C7H7F/c17-13(15-18)9-6-10-8-14-16(12(10)7-9)11-4-2-1-3-5-11;1-6-4-2-3-5-7(6)8/h1-5,8-9,18H,6-7H2,(H,15,17);2-5H,1H3. The molecule has 1 aliphatic carbocycles. The van der Waals surface area contributed by atoms with E-state index >= 15 is 0 Å². The summed E-state index contributed by atoms with van der Waals surface area (Å²) in [7, 11) is 0. The molecule has 0 radical (unpaired) electrons. The van der Waals surface area contributed by atoms with Gasteiger partial charge in [-0.25, -0.2) is 14.6 Å².